The number of Topliss-reactive ketones (excluding diaryl/α,β-unsaturated/α-hetero) is 1. The molecule has 0 aromatic heterocycles. The summed E-state index contributed by atoms with van der Waals surface area (Å²) in [5.41, 5.74) is 5.52. The fourth-order valence-electron chi connectivity index (χ4n) is 1.50. The Morgan fingerprint density at radius 2 is 2.54 bits per heavy atom. The maximum Gasteiger partial charge on any atom is 0.201 e. The highest BCUT2D eigenvalue weighted by molar-refractivity contribution is 5.95. The van der Waals surface area contributed by atoms with Crippen LogP contribution < -0.4 is 5.73 Å². The molecule has 0 aromatic carbocycles. The first-order valence-electron chi connectivity index (χ1n) is 4.86. The Labute approximate surface area is 78.9 Å². The van der Waals surface area contributed by atoms with Crippen molar-refractivity contribution in [3.63, 3.8) is 0 Å². The smallest absolute Gasteiger partial charge is 0.201 e. The van der Waals surface area contributed by atoms with E-state index in [1.165, 1.54) is 0 Å². The molecule has 1 heterocycles. The van der Waals surface area contributed by atoms with Crippen molar-refractivity contribution in [1.29, 1.82) is 0 Å². The first-order valence-corrected chi connectivity index (χ1v) is 4.86. The van der Waals surface area contributed by atoms with E-state index in [2.05, 4.69) is 6.92 Å². The summed E-state index contributed by atoms with van der Waals surface area (Å²) in [6.07, 6.45) is 4.56. The molecule has 0 aromatic rings. The van der Waals surface area contributed by atoms with Gasteiger partial charge in [-0.3, -0.25) is 4.79 Å². The number of nitrogens with two attached hydrogens (primary N) is 1. The average molecular weight is 183 g/mol. The van der Waals surface area contributed by atoms with Crippen LogP contribution in [-0.4, -0.2) is 18.9 Å². The number of carbonyl (C=O) groups excluding carboxylic acids is 1. The SMILES string of the molecule is CCCC(CN)C(=O)C1=CCCO1. The van der Waals surface area contributed by atoms with E-state index in [0.29, 0.717) is 18.9 Å². The molecule has 1 atom stereocenters. The molecule has 2 N–H and O–H groups in total. The monoisotopic (exact) mass is 183 g/mol. The highest BCUT2D eigenvalue weighted by atomic mass is 16.5. The molecule has 0 bridgehead atoms. The van der Waals surface area contributed by atoms with Crippen molar-refractivity contribution in [2.45, 2.75) is 26.2 Å². The predicted molar refractivity (Wildman–Crippen MR) is 51.1 cm³/mol. The Morgan fingerprint density at radius 1 is 1.77 bits per heavy atom. The van der Waals surface area contributed by atoms with Gasteiger partial charge in [-0.25, -0.2) is 0 Å². The molecule has 0 fully saturated rings. The van der Waals surface area contributed by atoms with Crippen LogP contribution in [0.15, 0.2) is 11.8 Å². The van der Waals surface area contributed by atoms with E-state index in [-0.39, 0.29) is 11.7 Å². The van der Waals surface area contributed by atoms with Gasteiger partial charge in [0.05, 0.1) is 6.61 Å². The summed E-state index contributed by atoms with van der Waals surface area (Å²) in [6, 6.07) is 0. The number of ether oxygens (including phenoxy) is 1. The van der Waals surface area contributed by atoms with Crippen molar-refractivity contribution in [2.24, 2.45) is 11.7 Å². The van der Waals surface area contributed by atoms with Crippen molar-refractivity contribution in [1.82, 2.24) is 0 Å². The summed E-state index contributed by atoms with van der Waals surface area (Å²) in [6.45, 7) is 3.12. The molecule has 0 aliphatic carbocycles. The maximum absolute atomic E-state index is 11.7. The van der Waals surface area contributed by atoms with Gasteiger partial charge in [0.25, 0.3) is 0 Å². The van der Waals surface area contributed by atoms with E-state index >= 15 is 0 Å². The van der Waals surface area contributed by atoms with Crippen molar-refractivity contribution in [3.8, 4) is 0 Å². The van der Waals surface area contributed by atoms with Gasteiger partial charge in [0.15, 0.2) is 5.76 Å². The molecular formula is C10H17NO2. The van der Waals surface area contributed by atoms with Gasteiger partial charge in [-0.1, -0.05) is 13.3 Å². The number of hydrogen-bond acceptors (Lipinski definition) is 3. The summed E-state index contributed by atoms with van der Waals surface area (Å²) in [7, 11) is 0. The van der Waals surface area contributed by atoms with Crippen LogP contribution in [0.3, 0.4) is 0 Å². The molecule has 1 aliphatic heterocycles. The maximum atomic E-state index is 11.7. The van der Waals surface area contributed by atoms with Gasteiger partial charge in [0, 0.05) is 18.9 Å². The molecule has 3 heteroatoms. The Morgan fingerprint density at radius 3 is 3.00 bits per heavy atom. The van der Waals surface area contributed by atoms with Gasteiger partial charge in [-0.15, -0.1) is 0 Å². The quantitative estimate of drug-likeness (QED) is 0.697. The predicted octanol–water partition coefficient (Wildman–Crippen LogP) is 1.23. The van der Waals surface area contributed by atoms with E-state index in [1.54, 1.807) is 0 Å². The molecule has 1 rings (SSSR count). The lowest BCUT2D eigenvalue weighted by molar-refractivity contribution is -0.122. The summed E-state index contributed by atoms with van der Waals surface area (Å²) in [4.78, 5) is 11.7. The number of ketones is 1. The van der Waals surface area contributed by atoms with Gasteiger partial charge >= 0.3 is 0 Å². The third-order valence-corrected chi connectivity index (χ3v) is 2.24. The summed E-state index contributed by atoms with van der Waals surface area (Å²) in [5.74, 6) is 0.570. The molecule has 1 aliphatic rings. The van der Waals surface area contributed by atoms with E-state index in [9.17, 15) is 4.79 Å². The third-order valence-electron chi connectivity index (χ3n) is 2.24. The first kappa shape index (κ1) is 10.3. The van der Waals surface area contributed by atoms with Crippen LogP contribution in [0.4, 0.5) is 0 Å². The van der Waals surface area contributed by atoms with Crippen LogP contribution in [0.1, 0.15) is 26.2 Å². The van der Waals surface area contributed by atoms with Gasteiger partial charge in [-0.05, 0) is 12.5 Å². The van der Waals surface area contributed by atoms with Crippen LogP contribution in [-0.2, 0) is 9.53 Å². The Bertz CT molecular complexity index is 211. The van der Waals surface area contributed by atoms with E-state index in [1.807, 2.05) is 6.08 Å². The Balaban J connectivity index is 2.52. The van der Waals surface area contributed by atoms with E-state index in [0.717, 1.165) is 19.3 Å². The minimum atomic E-state index is -0.0469. The second-order valence-electron chi connectivity index (χ2n) is 3.29. The van der Waals surface area contributed by atoms with Gasteiger partial charge < -0.3 is 10.5 Å². The highest BCUT2D eigenvalue weighted by Gasteiger charge is 2.22. The zero-order chi connectivity index (χ0) is 9.68. The van der Waals surface area contributed by atoms with Gasteiger partial charge in [0.1, 0.15) is 0 Å². The molecule has 0 radical (unpaired) electrons. The zero-order valence-electron chi connectivity index (χ0n) is 8.08. The number of rotatable bonds is 5. The van der Waals surface area contributed by atoms with Crippen molar-refractivity contribution >= 4 is 5.78 Å². The summed E-state index contributed by atoms with van der Waals surface area (Å²) < 4.78 is 5.20. The summed E-state index contributed by atoms with van der Waals surface area (Å²) in [5, 5.41) is 0. The van der Waals surface area contributed by atoms with Crippen LogP contribution in [0.2, 0.25) is 0 Å². The molecule has 74 valence electrons. The minimum absolute atomic E-state index is 0.0469. The number of hydrogen-bond donors (Lipinski definition) is 1. The second-order valence-corrected chi connectivity index (χ2v) is 3.29. The van der Waals surface area contributed by atoms with Crippen molar-refractivity contribution in [3.05, 3.63) is 11.8 Å². The normalized spacial score (nSPS) is 17.8. The fraction of sp³-hybridized carbons (Fsp3) is 0.700. The number of carbonyl (C=O) groups is 1. The zero-order valence-corrected chi connectivity index (χ0v) is 8.08. The lowest BCUT2D eigenvalue weighted by Gasteiger charge is -2.12. The van der Waals surface area contributed by atoms with Gasteiger partial charge in [-0.2, -0.15) is 0 Å². The first-order chi connectivity index (χ1) is 6.29. The second kappa shape index (κ2) is 5.02. The van der Waals surface area contributed by atoms with Gasteiger partial charge in [0.2, 0.25) is 5.78 Å². The molecule has 0 saturated carbocycles. The lowest BCUT2D eigenvalue weighted by Crippen LogP contribution is -2.25. The Kier molecular flexibility index (Phi) is 3.96. The molecular weight excluding hydrogens is 166 g/mol. The van der Waals surface area contributed by atoms with Crippen LogP contribution in [0, 0.1) is 5.92 Å². The third kappa shape index (κ3) is 2.56. The van der Waals surface area contributed by atoms with Crippen molar-refractivity contribution in [2.75, 3.05) is 13.2 Å². The Hall–Kier alpha value is -0.830. The van der Waals surface area contributed by atoms with Crippen LogP contribution in [0.5, 0.6) is 0 Å². The van der Waals surface area contributed by atoms with Crippen molar-refractivity contribution < 1.29 is 9.53 Å². The largest absolute Gasteiger partial charge is 0.490 e. The van der Waals surface area contributed by atoms with E-state index in [4.69, 9.17) is 10.5 Å². The minimum Gasteiger partial charge on any atom is -0.490 e. The molecule has 3 nitrogen and oxygen atoms in total. The van der Waals surface area contributed by atoms with E-state index < -0.39 is 0 Å². The van der Waals surface area contributed by atoms with Crippen LogP contribution >= 0.6 is 0 Å². The molecule has 0 amide bonds. The molecule has 13 heavy (non-hydrogen) atoms. The standard InChI is InChI=1S/C10H17NO2/c1-2-4-8(7-11)10(12)9-5-3-6-13-9/h5,8H,2-4,6-7,11H2,1H3. The average Bonchev–Trinajstić information content (AvgIpc) is 2.65. The molecule has 0 spiro atoms. The topological polar surface area (TPSA) is 52.3 Å². The number of allylic oxidation sites excluding steroid dienone is 1. The van der Waals surface area contributed by atoms with Crippen LogP contribution in [0.25, 0.3) is 0 Å². The highest BCUT2D eigenvalue weighted by Crippen LogP contribution is 2.17. The molecule has 1 unspecified atom stereocenters. The fourth-order valence-corrected chi connectivity index (χ4v) is 1.50. The molecule has 0 saturated heterocycles. The lowest BCUT2D eigenvalue weighted by atomic mass is 9.97. The summed E-state index contributed by atoms with van der Waals surface area (Å²) >= 11 is 0.